The minimum Gasteiger partial charge on any atom is -0.343 e. The van der Waals surface area contributed by atoms with Gasteiger partial charge in [0.25, 0.3) is 0 Å². The van der Waals surface area contributed by atoms with Gasteiger partial charge < -0.3 is 4.98 Å². The van der Waals surface area contributed by atoms with Crippen LogP contribution in [0.25, 0.3) is 11.4 Å². The molecule has 3 nitrogen and oxygen atoms in total. The summed E-state index contributed by atoms with van der Waals surface area (Å²) in [7, 11) is 0. The first-order chi connectivity index (χ1) is 8.84. The Labute approximate surface area is 111 Å². The van der Waals surface area contributed by atoms with Crippen LogP contribution >= 0.6 is 12.2 Å². The quantitative estimate of drug-likeness (QED) is 0.628. The van der Waals surface area contributed by atoms with Gasteiger partial charge >= 0.3 is 0 Å². The molecule has 0 saturated carbocycles. The van der Waals surface area contributed by atoms with E-state index in [1.54, 1.807) is 12.4 Å². The van der Waals surface area contributed by atoms with Crippen LogP contribution in [0.3, 0.4) is 0 Å². The third kappa shape index (κ3) is 2.20. The summed E-state index contributed by atoms with van der Waals surface area (Å²) in [6.45, 7) is 0. The van der Waals surface area contributed by atoms with E-state index in [1.165, 1.54) is 30.5 Å². The predicted octanol–water partition coefficient (Wildman–Crippen LogP) is 3.47. The van der Waals surface area contributed by atoms with E-state index in [-0.39, 0.29) is 0 Å². The van der Waals surface area contributed by atoms with Gasteiger partial charge in [-0.25, -0.2) is 4.98 Å². The number of H-pyrrole nitrogens is 1. The van der Waals surface area contributed by atoms with E-state index in [1.807, 2.05) is 12.1 Å². The van der Waals surface area contributed by atoms with E-state index in [0.29, 0.717) is 0 Å². The molecule has 0 atom stereocenters. The highest BCUT2D eigenvalue weighted by Crippen LogP contribution is 2.22. The Balaban J connectivity index is 2.11. The van der Waals surface area contributed by atoms with Gasteiger partial charge in [0.15, 0.2) is 0 Å². The van der Waals surface area contributed by atoms with Crippen molar-refractivity contribution < 1.29 is 0 Å². The lowest BCUT2D eigenvalue weighted by molar-refractivity contribution is 0.708. The smallest absolute Gasteiger partial charge is 0.139 e. The van der Waals surface area contributed by atoms with Gasteiger partial charge in [0.2, 0.25) is 0 Å². The van der Waals surface area contributed by atoms with Crippen LogP contribution in [0.5, 0.6) is 0 Å². The molecule has 1 N–H and O–H groups in total. The highest BCUT2D eigenvalue weighted by molar-refractivity contribution is 7.71. The maximum Gasteiger partial charge on any atom is 0.139 e. The SMILES string of the molecule is S=c1nc(-c2ccncc2)[nH]c2c1CCCCC2. The number of hydrogen-bond acceptors (Lipinski definition) is 3. The van der Waals surface area contributed by atoms with Gasteiger partial charge in [-0.3, -0.25) is 4.98 Å². The Morgan fingerprint density at radius 3 is 2.67 bits per heavy atom. The molecule has 0 aliphatic heterocycles. The van der Waals surface area contributed by atoms with Gasteiger partial charge in [0.05, 0.1) is 0 Å². The molecule has 0 spiro atoms. The van der Waals surface area contributed by atoms with Gasteiger partial charge in [-0.05, 0) is 37.8 Å². The van der Waals surface area contributed by atoms with Crippen LogP contribution in [0.1, 0.15) is 30.5 Å². The third-order valence-corrected chi connectivity index (χ3v) is 3.75. The number of aryl methyl sites for hydroxylation is 1. The minimum atomic E-state index is 0.762. The standard InChI is InChI=1S/C14H15N3S/c18-14-11-4-2-1-3-5-12(11)16-13(17-14)10-6-8-15-9-7-10/h6-9H,1-5H2,(H,16,17,18). The molecule has 0 unspecified atom stereocenters. The van der Waals surface area contributed by atoms with Crippen LogP contribution in [0.2, 0.25) is 0 Å². The zero-order valence-electron chi connectivity index (χ0n) is 10.1. The Kier molecular flexibility index (Phi) is 3.19. The summed E-state index contributed by atoms with van der Waals surface area (Å²) in [5.74, 6) is 0.864. The molecule has 18 heavy (non-hydrogen) atoms. The van der Waals surface area contributed by atoms with E-state index >= 15 is 0 Å². The monoisotopic (exact) mass is 257 g/mol. The van der Waals surface area contributed by atoms with E-state index in [9.17, 15) is 0 Å². The van der Waals surface area contributed by atoms with Crippen molar-refractivity contribution in [1.29, 1.82) is 0 Å². The molecular weight excluding hydrogens is 242 g/mol. The van der Waals surface area contributed by atoms with E-state index in [0.717, 1.165) is 28.9 Å². The van der Waals surface area contributed by atoms with Crippen LogP contribution in [-0.2, 0) is 12.8 Å². The minimum absolute atomic E-state index is 0.762. The Morgan fingerprint density at radius 1 is 1.06 bits per heavy atom. The summed E-state index contributed by atoms with van der Waals surface area (Å²) in [6.07, 6.45) is 9.44. The molecule has 2 aromatic rings. The van der Waals surface area contributed by atoms with Crippen molar-refractivity contribution in [3.63, 3.8) is 0 Å². The van der Waals surface area contributed by atoms with Gasteiger partial charge in [0.1, 0.15) is 10.5 Å². The molecule has 0 aromatic carbocycles. The highest BCUT2D eigenvalue weighted by Gasteiger charge is 2.12. The molecule has 0 saturated heterocycles. The van der Waals surface area contributed by atoms with E-state index in [4.69, 9.17) is 12.2 Å². The fourth-order valence-electron chi connectivity index (χ4n) is 2.44. The van der Waals surface area contributed by atoms with Crippen molar-refractivity contribution in [2.45, 2.75) is 32.1 Å². The normalized spacial score (nSPS) is 14.9. The molecule has 3 rings (SSSR count). The molecule has 0 bridgehead atoms. The Morgan fingerprint density at radius 2 is 1.83 bits per heavy atom. The number of fused-ring (bicyclic) bond motifs is 1. The molecule has 2 aromatic heterocycles. The summed E-state index contributed by atoms with van der Waals surface area (Å²) < 4.78 is 0.762. The van der Waals surface area contributed by atoms with Gasteiger partial charge in [0, 0.05) is 29.2 Å². The number of nitrogens with one attached hydrogen (secondary N) is 1. The molecule has 0 radical (unpaired) electrons. The average Bonchev–Trinajstić information content (AvgIpc) is 2.65. The maximum atomic E-state index is 5.44. The number of rotatable bonds is 1. The summed E-state index contributed by atoms with van der Waals surface area (Å²) in [5.41, 5.74) is 3.57. The fraction of sp³-hybridized carbons (Fsp3) is 0.357. The molecule has 92 valence electrons. The first kappa shape index (κ1) is 11.5. The number of nitrogens with zero attached hydrogens (tertiary/aromatic N) is 2. The van der Waals surface area contributed by atoms with Crippen molar-refractivity contribution >= 4 is 12.2 Å². The first-order valence-electron chi connectivity index (χ1n) is 6.37. The summed E-state index contributed by atoms with van der Waals surface area (Å²) in [6, 6.07) is 3.91. The average molecular weight is 257 g/mol. The van der Waals surface area contributed by atoms with Crippen molar-refractivity contribution in [2.75, 3.05) is 0 Å². The second kappa shape index (κ2) is 4.98. The summed E-state index contributed by atoms with van der Waals surface area (Å²) in [5, 5.41) is 0. The van der Waals surface area contributed by atoms with Crippen LogP contribution in [0.4, 0.5) is 0 Å². The zero-order valence-corrected chi connectivity index (χ0v) is 11.0. The Hall–Kier alpha value is -1.55. The molecule has 1 aliphatic rings. The molecule has 0 amide bonds. The largest absolute Gasteiger partial charge is 0.343 e. The van der Waals surface area contributed by atoms with Gasteiger partial charge in [-0.2, -0.15) is 0 Å². The second-order valence-corrected chi connectivity index (χ2v) is 5.03. The molecule has 4 heteroatoms. The number of hydrogen-bond donors (Lipinski definition) is 1. The summed E-state index contributed by atoms with van der Waals surface area (Å²) in [4.78, 5) is 12.0. The van der Waals surface area contributed by atoms with E-state index < -0.39 is 0 Å². The van der Waals surface area contributed by atoms with Crippen molar-refractivity contribution in [3.05, 3.63) is 40.4 Å². The number of aromatic nitrogens is 3. The van der Waals surface area contributed by atoms with Crippen molar-refractivity contribution in [1.82, 2.24) is 15.0 Å². The molecule has 1 aliphatic carbocycles. The molecular formula is C14H15N3S. The number of aromatic amines is 1. The lowest BCUT2D eigenvalue weighted by Gasteiger charge is -2.09. The maximum absolute atomic E-state index is 5.44. The van der Waals surface area contributed by atoms with Gasteiger partial charge in [-0.15, -0.1) is 0 Å². The van der Waals surface area contributed by atoms with Gasteiger partial charge in [-0.1, -0.05) is 18.6 Å². The Bertz CT molecular complexity index is 604. The molecule has 2 heterocycles. The topological polar surface area (TPSA) is 41.6 Å². The van der Waals surface area contributed by atoms with Crippen LogP contribution in [0.15, 0.2) is 24.5 Å². The van der Waals surface area contributed by atoms with Crippen LogP contribution < -0.4 is 0 Å². The zero-order chi connectivity index (χ0) is 12.4. The summed E-state index contributed by atoms with van der Waals surface area (Å²) >= 11 is 5.44. The third-order valence-electron chi connectivity index (χ3n) is 3.41. The fourth-order valence-corrected chi connectivity index (χ4v) is 2.76. The second-order valence-electron chi connectivity index (χ2n) is 4.64. The first-order valence-corrected chi connectivity index (χ1v) is 6.78. The highest BCUT2D eigenvalue weighted by atomic mass is 32.1. The van der Waals surface area contributed by atoms with Crippen LogP contribution in [0, 0.1) is 4.64 Å². The molecule has 0 fully saturated rings. The predicted molar refractivity (Wildman–Crippen MR) is 73.9 cm³/mol. The van der Waals surface area contributed by atoms with E-state index in [2.05, 4.69) is 15.0 Å². The van der Waals surface area contributed by atoms with Crippen molar-refractivity contribution in [2.24, 2.45) is 0 Å². The lowest BCUT2D eigenvalue weighted by Crippen LogP contribution is -2.01. The van der Waals surface area contributed by atoms with Crippen molar-refractivity contribution in [3.8, 4) is 11.4 Å². The number of pyridine rings is 1. The van der Waals surface area contributed by atoms with Crippen LogP contribution in [-0.4, -0.2) is 15.0 Å². The lowest BCUT2D eigenvalue weighted by atomic mass is 10.1.